The number of likely N-dealkylation sites (tertiary alicyclic amines) is 1. The number of amides is 1. The highest BCUT2D eigenvalue weighted by Gasteiger charge is 2.26. The van der Waals surface area contributed by atoms with Gasteiger partial charge in [-0.25, -0.2) is 9.23 Å². The summed E-state index contributed by atoms with van der Waals surface area (Å²) in [5.74, 6) is 0.143. The Hall–Kier alpha value is -3.80. The molecule has 262 valence electrons. The molecule has 1 fully saturated rings. The van der Waals surface area contributed by atoms with E-state index in [1.54, 1.807) is 36.3 Å². The molecule has 0 aromatic heterocycles. The van der Waals surface area contributed by atoms with Crippen molar-refractivity contribution in [1.82, 2.24) is 30.3 Å². The highest BCUT2D eigenvalue weighted by molar-refractivity contribution is 5.94. The van der Waals surface area contributed by atoms with Crippen molar-refractivity contribution >= 4 is 17.7 Å². The van der Waals surface area contributed by atoms with Crippen LogP contribution in [-0.4, -0.2) is 110 Å². The Labute approximate surface area is 285 Å². The van der Waals surface area contributed by atoms with E-state index in [0.717, 1.165) is 55.9 Å². The molecule has 0 bridgehead atoms. The number of hydrogen-bond donors (Lipinski definition) is 1. The van der Waals surface area contributed by atoms with Crippen molar-refractivity contribution in [1.29, 1.82) is 0 Å². The zero-order chi connectivity index (χ0) is 34.6. The number of carbonyl (C=O) groups is 1. The van der Waals surface area contributed by atoms with Gasteiger partial charge < -0.3 is 15.1 Å². The Bertz CT molecular complexity index is 1430. The Morgan fingerprint density at radius 3 is 2.65 bits per heavy atom. The summed E-state index contributed by atoms with van der Waals surface area (Å²) in [6.45, 7) is 16.9. The average molecular weight is 666 g/mol. The molecule has 9 nitrogen and oxygen atoms in total. The lowest BCUT2D eigenvalue weighted by Crippen LogP contribution is -2.41. The molecule has 11 heteroatoms. The number of allylic oxidation sites excluding steroid dienone is 3. The van der Waals surface area contributed by atoms with Crippen LogP contribution < -0.4 is 5.32 Å². The van der Waals surface area contributed by atoms with Crippen molar-refractivity contribution in [2.24, 2.45) is 11.0 Å². The monoisotopic (exact) mass is 665 g/mol. The second-order valence-electron chi connectivity index (χ2n) is 12.7. The lowest BCUT2D eigenvalue weighted by atomic mass is 9.94. The molecule has 1 N–H and O–H groups in total. The standard InChI is InChI=1S/C37H53F2N7O2/c1-7-18-43(8-2)26-30-12-21-45(22-13-30)37(47)32-9-10-34(35(38)25-32)31-14-19-44(20-15-31)27-33-24-28(3)36(11-17-41-42(33)6)46(39)48-23-16-29(4)40-5/h9-11,14,16-17,24-25,30,40H,3,7-8,12-13,15,18-23,26-27H2,1-2,4-6H3/b29-16+,33-24-,36-11+,41-17-. The summed E-state index contributed by atoms with van der Waals surface area (Å²) in [4.78, 5) is 25.1. The molecule has 3 aliphatic rings. The molecule has 0 atom stereocenters. The van der Waals surface area contributed by atoms with E-state index in [2.05, 4.69) is 40.6 Å². The van der Waals surface area contributed by atoms with Crippen molar-refractivity contribution in [3.05, 3.63) is 88.7 Å². The first-order valence-electron chi connectivity index (χ1n) is 17.2. The minimum absolute atomic E-state index is 0.0554. The largest absolute Gasteiger partial charge is 0.392 e. The van der Waals surface area contributed by atoms with E-state index in [1.165, 1.54) is 18.4 Å². The van der Waals surface area contributed by atoms with E-state index >= 15 is 4.39 Å². The lowest BCUT2D eigenvalue weighted by molar-refractivity contribution is -0.243. The number of carbonyl (C=O) groups excluding carboxylic acids is 1. The van der Waals surface area contributed by atoms with Crippen LogP contribution in [-0.2, 0) is 4.84 Å². The van der Waals surface area contributed by atoms with Gasteiger partial charge in [-0.2, -0.15) is 5.10 Å². The number of halogens is 2. The van der Waals surface area contributed by atoms with Crippen molar-refractivity contribution in [2.75, 3.05) is 73.1 Å². The molecular weight excluding hydrogens is 612 g/mol. The van der Waals surface area contributed by atoms with E-state index in [0.29, 0.717) is 61.8 Å². The predicted molar refractivity (Wildman–Crippen MR) is 190 cm³/mol. The summed E-state index contributed by atoms with van der Waals surface area (Å²) in [6, 6.07) is 4.91. The van der Waals surface area contributed by atoms with Crippen LogP contribution in [0.4, 0.5) is 8.87 Å². The third-order valence-electron chi connectivity index (χ3n) is 9.36. The second kappa shape index (κ2) is 18.1. The highest BCUT2D eigenvalue weighted by Crippen LogP contribution is 2.28. The van der Waals surface area contributed by atoms with Crippen molar-refractivity contribution in [3.8, 4) is 0 Å². The SMILES string of the molecule is C=C1/C=C(/CN2CC=C(c3ccc(C(=O)N4CCC(CN(CC)CCC)CC4)cc3F)CC2)N(C)/N=C\C=C/1N(F)OC/C=C(\C)NC. The molecule has 0 aliphatic carbocycles. The summed E-state index contributed by atoms with van der Waals surface area (Å²) in [5.41, 5.74) is 4.19. The summed E-state index contributed by atoms with van der Waals surface area (Å²) in [6.07, 6.45) is 12.4. The number of likely N-dealkylation sites (N-methyl/N-ethyl adjacent to an activating group) is 1. The van der Waals surface area contributed by atoms with Crippen LogP contribution in [0.25, 0.3) is 5.57 Å². The molecule has 1 aromatic rings. The molecule has 0 radical (unpaired) electrons. The third kappa shape index (κ3) is 10.1. The lowest BCUT2D eigenvalue weighted by Gasteiger charge is -2.34. The summed E-state index contributed by atoms with van der Waals surface area (Å²) >= 11 is 0. The topological polar surface area (TPSA) is 66.9 Å². The molecule has 0 spiro atoms. The van der Waals surface area contributed by atoms with Gasteiger partial charge in [0.25, 0.3) is 5.91 Å². The van der Waals surface area contributed by atoms with Gasteiger partial charge in [-0.15, -0.1) is 0 Å². The molecule has 1 aromatic carbocycles. The molecule has 3 heterocycles. The quantitative estimate of drug-likeness (QED) is 0.193. The average Bonchev–Trinajstić information content (AvgIpc) is 3.09. The molecule has 1 saturated heterocycles. The van der Waals surface area contributed by atoms with E-state index < -0.39 is 0 Å². The van der Waals surface area contributed by atoms with Gasteiger partial charge >= 0.3 is 0 Å². The van der Waals surface area contributed by atoms with Crippen LogP contribution in [0.3, 0.4) is 0 Å². The molecule has 0 unspecified atom stereocenters. The fraction of sp³-hybridized carbons (Fsp3) is 0.514. The minimum Gasteiger partial charge on any atom is -0.392 e. The summed E-state index contributed by atoms with van der Waals surface area (Å²) < 4.78 is 30.3. The molecular formula is C37H53F2N7O2. The first-order chi connectivity index (χ1) is 23.1. The molecule has 4 rings (SSSR count). The van der Waals surface area contributed by atoms with Crippen LogP contribution in [0.5, 0.6) is 0 Å². The van der Waals surface area contributed by atoms with Gasteiger partial charge in [-0.3, -0.25) is 14.7 Å². The number of nitrogens with one attached hydrogen (secondary N) is 1. The van der Waals surface area contributed by atoms with Crippen LogP contribution in [0.15, 0.2) is 76.8 Å². The molecule has 48 heavy (non-hydrogen) atoms. The number of benzene rings is 1. The Morgan fingerprint density at radius 1 is 1.23 bits per heavy atom. The van der Waals surface area contributed by atoms with Gasteiger partial charge in [-0.1, -0.05) is 42.3 Å². The minimum atomic E-state index is -0.365. The fourth-order valence-electron chi connectivity index (χ4n) is 6.27. The van der Waals surface area contributed by atoms with Crippen molar-refractivity contribution in [3.63, 3.8) is 0 Å². The normalized spacial score (nSPS) is 21.2. The third-order valence-corrected chi connectivity index (χ3v) is 9.36. The molecule has 3 aliphatic heterocycles. The van der Waals surface area contributed by atoms with Crippen molar-refractivity contribution in [2.45, 2.75) is 46.5 Å². The number of nitrogens with zero attached hydrogens (tertiary/aromatic N) is 6. The van der Waals surface area contributed by atoms with Gasteiger partial charge in [-0.05, 0) is 93.1 Å². The predicted octanol–water partition coefficient (Wildman–Crippen LogP) is 6.00. The Kier molecular flexibility index (Phi) is 14.0. The van der Waals surface area contributed by atoms with E-state index in [9.17, 15) is 9.28 Å². The van der Waals surface area contributed by atoms with E-state index in [4.69, 9.17) is 4.84 Å². The van der Waals surface area contributed by atoms with E-state index in [-0.39, 0.29) is 29.3 Å². The first-order valence-corrected chi connectivity index (χ1v) is 17.2. The Morgan fingerprint density at radius 2 is 2.00 bits per heavy atom. The number of hydrazone groups is 1. The summed E-state index contributed by atoms with van der Waals surface area (Å²) in [7, 11) is 3.62. The fourth-order valence-corrected chi connectivity index (χ4v) is 6.27. The van der Waals surface area contributed by atoms with E-state index in [1.807, 2.05) is 24.9 Å². The van der Waals surface area contributed by atoms with Gasteiger partial charge in [0.05, 0.1) is 12.3 Å². The number of hydrogen-bond acceptors (Lipinski definition) is 8. The van der Waals surface area contributed by atoms with Crippen LogP contribution >= 0.6 is 0 Å². The number of hydroxylamine groups is 1. The number of piperidine rings is 1. The Balaban J connectivity index is 1.33. The van der Waals surface area contributed by atoms with Gasteiger partial charge in [0.15, 0.2) is 0 Å². The van der Waals surface area contributed by atoms with Gasteiger partial charge in [0.1, 0.15) is 11.5 Å². The summed E-state index contributed by atoms with van der Waals surface area (Å²) in [5, 5.41) is 9.32. The van der Waals surface area contributed by atoms with Gasteiger partial charge in [0, 0.05) is 76.4 Å². The molecule has 1 amide bonds. The maximum absolute atomic E-state index is 15.4. The molecule has 0 saturated carbocycles. The maximum atomic E-state index is 15.4. The first kappa shape index (κ1) is 37.0. The smallest absolute Gasteiger partial charge is 0.253 e. The van der Waals surface area contributed by atoms with Crippen LogP contribution in [0.2, 0.25) is 0 Å². The zero-order valence-electron chi connectivity index (χ0n) is 29.4. The van der Waals surface area contributed by atoms with Gasteiger partial charge in [0.2, 0.25) is 0 Å². The van der Waals surface area contributed by atoms with Crippen molar-refractivity contribution < 1.29 is 18.5 Å². The maximum Gasteiger partial charge on any atom is 0.253 e. The number of rotatable bonds is 14. The zero-order valence-corrected chi connectivity index (χ0v) is 29.4. The second-order valence-corrected chi connectivity index (χ2v) is 12.7. The highest BCUT2D eigenvalue weighted by atomic mass is 19.2. The van der Waals surface area contributed by atoms with Crippen LogP contribution in [0, 0.1) is 11.7 Å². The van der Waals surface area contributed by atoms with Crippen LogP contribution in [0.1, 0.15) is 62.4 Å².